The molecular weight excluding hydrogens is 953 g/mol. The quantitative estimate of drug-likeness (QED) is 0.0204. The molecule has 6 N–H and O–H groups in total. The number of carbonyl (C=O) groups is 6. The highest BCUT2D eigenvalue weighted by Crippen LogP contribution is 2.16. The Kier molecular flexibility index (Phi) is 42.4. The molecule has 74 heavy (non-hydrogen) atoms. The van der Waals surface area contributed by atoms with Crippen molar-refractivity contribution in [2.75, 3.05) is 65.7 Å². The van der Waals surface area contributed by atoms with Crippen LogP contribution in [0.4, 0.5) is 0 Å². The molecule has 0 bridgehead atoms. The minimum absolute atomic E-state index is 0.225. The Morgan fingerprint density at radius 2 is 0.662 bits per heavy atom. The number of rotatable bonds is 50. The molecule has 18 nitrogen and oxygen atoms in total. The number of esters is 4. The van der Waals surface area contributed by atoms with Crippen molar-refractivity contribution >= 4 is 35.7 Å². The molecule has 18 heteroatoms. The van der Waals surface area contributed by atoms with E-state index in [9.17, 15) is 49.2 Å². The van der Waals surface area contributed by atoms with Gasteiger partial charge in [0.15, 0.2) is 0 Å². The molecule has 6 unspecified atom stereocenters. The largest absolute Gasteiger partial charge is 0.466 e. The first-order chi connectivity index (χ1) is 35.7. The first-order valence-electron chi connectivity index (χ1n) is 29.1. The fourth-order valence-corrected chi connectivity index (χ4v) is 8.73. The number of aliphatic hydroxyl groups is 4. The van der Waals surface area contributed by atoms with E-state index in [2.05, 4.69) is 10.6 Å². The summed E-state index contributed by atoms with van der Waals surface area (Å²) in [5.41, 5.74) is 0. The molecule has 1 aliphatic heterocycles. The first-order valence-corrected chi connectivity index (χ1v) is 29.1. The summed E-state index contributed by atoms with van der Waals surface area (Å²) in [6.45, 7) is 12.3. The Morgan fingerprint density at radius 1 is 0.405 bits per heavy atom. The summed E-state index contributed by atoms with van der Waals surface area (Å²) < 4.78 is 21.0. The zero-order valence-corrected chi connectivity index (χ0v) is 46.5. The Morgan fingerprint density at radius 3 is 0.905 bits per heavy atom. The van der Waals surface area contributed by atoms with Gasteiger partial charge in [-0.15, -0.1) is 0 Å². The highest BCUT2D eigenvalue weighted by Gasteiger charge is 2.33. The average molecular weight is 1060 g/mol. The minimum Gasteiger partial charge on any atom is -0.466 e. The number of carbonyl (C=O) groups excluding carboxylic acids is 6. The fraction of sp³-hybridized carbons (Fsp3) is 0.893. The number of hydrogen-bond donors (Lipinski definition) is 6. The minimum atomic E-state index is -0.678. The van der Waals surface area contributed by atoms with Gasteiger partial charge in [0.2, 0.25) is 11.8 Å². The molecule has 0 aromatic heterocycles. The number of unbranched alkanes of at least 4 members (excludes halogenated alkanes) is 10. The van der Waals surface area contributed by atoms with Crippen LogP contribution in [0.1, 0.15) is 220 Å². The van der Waals surface area contributed by atoms with E-state index in [1.165, 1.54) is 0 Å². The summed E-state index contributed by atoms with van der Waals surface area (Å²) >= 11 is 0. The predicted molar refractivity (Wildman–Crippen MR) is 286 cm³/mol. The van der Waals surface area contributed by atoms with E-state index in [4.69, 9.17) is 18.9 Å². The molecule has 0 aromatic carbocycles. The Hall–Kier alpha value is -3.42. The van der Waals surface area contributed by atoms with Crippen LogP contribution < -0.4 is 10.6 Å². The molecule has 0 aliphatic carbocycles. The van der Waals surface area contributed by atoms with Gasteiger partial charge >= 0.3 is 23.9 Å². The van der Waals surface area contributed by atoms with Crippen molar-refractivity contribution < 1.29 is 68.1 Å². The zero-order chi connectivity index (χ0) is 54.6. The second-order valence-corrected chi connectivity index (χ2v) is 20.5. The van der Waals surface area contributed by atoms with Crippen molar-refractivity contribution in [1.29, 1.82) is 0 Å². The third-order valence-electron chi connectivity index (χ3n) is 13.3. The van der Waals surface area contributed by atoms with Gasteiger partial charge in [-0.1, -0.05) is 79.1 Å². The molecule has 1 rings (SSSR count). The normalized spacial score (nSPS) is 16.4. The predicted octanol–water partition coefficient (Wildman–Crippen LogP) is 6.97. The summed E-state index contributed by atoms with van der Waals surface area (Å²) in [7, 11) is 0. The highest BCUT2D eigenvalue weighted by molar-refractivity contribution is 5.96. The van der Waals surface area contributed by atoms with Crippen molar-refractivity contribution in [3.05, 3.63) is 0 Å². The third kappa shape index (κ3) is 38.2. The summed E-state index contributed by atoms with van der Waals surface area (Å²) in [6.07, 6.45) is 16.2. The molecule has 1 fully saturated rings. The third-order valence-corrected chi connectivity index (χ3v) is 13.3. The maximum atomic E-state index is 13.3. The van der Waals surface area contributed by atoms with Crippen LogP contribution in [0.3, 0.4) is 0 Å². The fourth-order valence-electron chi connectivity index (χ4n) is 8.73. The van der Waals surface area contributed by atoms with Crippen LogP contribution >= 0.6 is 0 Å². The van der Waals surface area contributed by atoms with Crippen LogP contribution in [-0.2, 0) is 47.7 Å². The SMILES string of the molecule is CCCCOC(=O)CCCCC(O)CN(CCCCC1NC(=O)C(CCCCN(CC(O)CCCCC(=O)OCCCC)CC(O)CCCCC(=O)OCCCC)NC1=O)CC(O)CCCCC(=O)OCCCC. The lowest BCUT2D eigenvalue weighted by Gasteiger charge is -2.31. The number of hydrogen-bond acceptors (Lipinski definition) is 16. The number of nitrogens with one attached hydrogen (secondary N) is 2. The monoisotopic (exact) mass is 1060 g/mol. The van der Waals surface area contributed by atoms with Gasteiger partial charge in [-0.05, 0) is 129 Å². The van der Waals surface area contributed by atoms with E-state index in [1.807, 2.05) is 37.5 Å². The van der Waals surface area contributed by atoms with Crippen molar-refractivity contribution in [1.82, 2.24) is 20.4 Å². The molecule has 1 saturated heterocycles. The highest BCUT2D eigenvalue weighted by atomic mass is 16.5. The maximum Gasteiger partial charge on any atom is 0.305 e. The van der Waals surface area contributed by atoms with Crippen LogP contribution in [0, 0.1) is 0 Å². The molecule has 1 aliphatic rings. The first kappa shape index (κ1) is 68.6. The van der Waals surface area contributed by atoms with E-state index in [0.29, 0.717) is 207 Å². The summed E-state index contributed by atoms with van der Waals surface area (Å²) in [4.78, 5) is 78.6. The van der Waals surface area contributed by atoms with E-state index in [-0.39, 0.29) is 35.7 Å². The Labute approximate surface area is 445 Å². The van der Waals surface area contributed by atoms with Crippen LogP contribution in [-0.4, -0.2) is 168 Å². The number of aliphatic hydroxyl groups excluding tert-OH is 4. The van der Waals surface area contributed by atoms with Crippen LogP contribution in [0.15, 0.2) is 0 Å². The van der Waals surface area contributed by atoms with Gasteiger partial charge in [-0.3, -0.25) is 38.6 Å². The van der Waals surface area contributed by atoms with Gasteiger partial charge in [0, 0.05) is 51.9 Å². The van der Waals surface area contributed by atoms with Gasteiger partial charge in [0.05, 0.1) is 50.8 Å². The van der Waals surface area contributed by atoms with Gasteiger partial charge in [0.25, 0.3) is 0 Å². The van der Waals surface area contributed by atoms with Crippen molar-refractivity contribution in [2.45, 2.75) is 257 Å². The number of amides is 2. The van der Waals surface area contributed by atoms with Crippen molar-refractivity contribution in [2.24, 2.45) is 0 Å². The standard InChI is InChI=1S/C56H104N4O14/c1-5-9-37-71-51(65)31-17-13-25-45(61)41-59(42-46(62)26-14-18-32-52(66)72-38-10-6-2)35-23-21-29-49-55(69)58-50(56(70)57-49)30-22-24-36-60(43-47(63)27-15-19-33-53(67)73-39-11-7-3)44-48(64)28-16-20-34-54(68)74-40-12-8-4/h45-50,61-64H,5-44H2,1-4H3,(H,57,70)(H,58,69). The van der Waals surface area contributed by atoms with Crippen LogP contribution in [0.5, 0.6) is 0 Å². The second kappa shape index (κ2) is 45.7. The summed E-state index contributed by atoms with van der Waals surface area (Å²) in [5.74, 6) is -1.38. The molecular formula is C56H104N4O14. The van der Waals surface area contributed by atoms with Crippen molar-refractivity contribution in [3.8, 4) is 0 Å². The van der Waals surface area contributed by atoms with Crippen LogP contribution in [0.2, 0.25) is 0 Å². The number of piperazine rings is 1. The van der Waals surface area contributed by atoms with E-state index in [0.717, 1.165) is 51.4 Å². The van der Waals surface area contributed by atoms with Gasteiger partial charge in [-0.25, -0.2) is 0 Å². The van der Waals surface area contributed by atoms with Crippen molar-refractivity contribution in [3.63, 3.8) is 0 Å². The lowest BCUT2D eigenvalue weighted by Crippen LogP contribution is -2.61. The second-order valence-electron chi connectivity index (χ2n) is 20.5. The number of ether oxygens (including phenoxy) is 4. The van der Waals surface area contributed by atoms with E-state index in [1.54, 1.807) is 0 Å². The van der Waals surface area contributed by atoms with Crippen LogP contribution in [0.25, 0.3) is 0 Å². The summed E-state index contributed by atoms with van der Waals surface area (Å²) in [6, 6.07) is -1.36. The Bertz CT molecular complexity index is 1290. The van der Waals surface area contributed by atoms with E-state index < -0.39 is 36.5 Å². The molecule has 0 aromatic rings. The molecule has 0 spiro atoms. The molecule has 0 saturated carbocycles. The lowest BCUT2D eigenvalue weighted by molar-refractivity contribution is -0.144. The lowest BCUT2D eigenvalue weighted by atomic mass is 10.0. The molecule has 1 heterocycles. The number of nitrogens with zero attached hydrogens (tertiary/aromatic N) is 2. The molecule has 2 amide bonds. The summed E-state index contributed by atoms with van der Waals surface area (Å²) in [5, 5.41) is 49.7. The molecule has 432 valence electrons. The van der Waals surface area contributed by atoms with Gasteiger partial charge < -0.3 is 50.0 Å². The van der Waals surface area contributed by atoms with Gasteiger partial charge in [-0.2, -0.15) is 0 Å². The van der Waals surface area contributed by atoms with Gasteiger partial charge in [0.1, 0.15) is 12.1 Å². The Balaban J connectivity index is 2.69. The average Bonchev–Trinajstić information content (AvgIpc) is 3.36. The smallest absolute Gasteiger partial charge is 0.305 e. The molecule has 6 atom stereocenters. The molecule has 0 radical (unpaired) electrons. The van der Waals surface area contributed by atoms with E-state index >= 15 is 0 Å². The maximum absolute atomic E-state index is 13.3. The topological polar surface area (TPSA) is 251 Å². The zero-order valence-electron chi connectivity index (χ0n) is 46.5.